The van der Waals surface area contributed by atoms with Crippen LogP contribution in [0.15, 0.2) is 6.20 Å². The van der Waals surface area contributed by atoms with Gasteiger partial charge < -0.3 is 18.5 Å². The van der Waals surface area contributed by atoms with Crippen molar-refractivity contribution in [1.29, 1.82) is 0 Å². The Bertz CT molecular complexity index is 648. The van der Waals surface area contributed by atoms with Crippen molar-refractivity contribution in [2.24, 2.45) is 0 Å². The summed E-state index contributed by atoms with van der Waals surface area (Å²) in [4.78, 5) is 57.4. The van der Waals surface area contributed by atoms with E-state index in [0.29, 0.717) is 24.1 Å². The molecular weight excluding hydrogens is 368 g/mol. The van der Waals surface area contributed by atoms with Gasteiger partial charge in [0.25, 0.3) is 11.8 Å². The van der Waals surface area contributed by atoms with Gasteiger partial charge in [0.1, 0.15) is 0 Å². The van der Waals surface area contributed by atoms with E-state index in [1.807, 2.05) is 13.1 Å². The van der Waals surface area contributed by atoms with Crippen molar-refractivity contribution in [3.8, 4) is 0 Å². The van der Waals surface area contributed by atoms with Crippen molar-refractivity contribution in [2.75, 3.05) is 0 Å². The van der Waals surface area contributed by atoms with Crippen LogP contribution in [-0.2, 0) is 25.1 Å². The first-order valence-corrected chi connectivity index (χ1v) is 12.0. The summed E-state index contributed by atoms with van der Waals surface area (Å²) in [5, 5.41) is 7.91. The van der Waals surface area contributed by atoms with Crippen molar-refractivity contribution in [2.45, 2.75) is 44.9 Å². The highest BCUT2D eigenvalue weighted by Gasteiger charge is 2.33. The monoisotopic (exact) mass is 387 g/mol. The molecule has 1 aliphatic rings. The lowest BCUT2D eigenvalue weighted by atomic mass is 10.4. The molecule has 1 saturated heterocycles. The summed E-state index contributed by atoms with van der Waals surface area (Å²) >= 11 is 0. The highest BCUT2D eigenvalue weighted by atomic mass is 28.4. The van der Waals surface area contributed by atoms with Gasteiger partial charge in [0.15, 0.2) is 14.0 Å². The summed E-state index contributed by atoms with van der Waals surface area (Å²) in [5.74, 6) is -2.06. The van der Waals surface area contributed by atoms with E-state index in [0.717, 1.165) is 0 Å². The first-order valence-electron chi connectivity index (χ1n) is 7.60. The minimum absolute atomic E-state index is 0.0190. The Balaban J connectivity index is 1.84. The van der Waals surface area contributed by atoms with Crippen LogP contribution in [0, 0.1) is 0 Å². The number of aromatic nitrogens is 3. The largest absolute Gasteiger partial charge is 0.560 e. The summed E-state index contributed by atoms with van der Waals surface area (Å²) in [5.41, 5.74) is -0.114. The first-order chi connectivity index (χ1) is 11.7. The van der Waals surface area contributed by atoms with Crippen molar-refractivity contribution in [3.05, 3.63) is 11.9 Å². The lowest BCUT2D eigenvalue weighted by Gasteiger charge is -2.22. The molecule has 1 aromatic rings. The number of amides is 2. The number of carbonyl (C=O) groups excluding carboxylic acids is 3. The van der Waals surface area contributed by atoms with Gasteiger partial charge >= 0.3 is 15.5 Å². The van der Waals surface area contributed by atoms with Crippen LogP contribution in [0.25, 0.3) is 0 Å². The topological polar surface area (TPSA) is 144 Å². The maximum Gasteiger partial charge on any atom is 0.560 e. The van der Waals surface area contributed by atoms with E-state index in [9.17, 15) is 14.4 Å². The molecule has 2 rings (SSSR count). The molecule has 1 radical (unpaired) electrons. The smallest absolute Gasteiger partial charge is 0.414 e. The van der Waals surface area contributed by atoms with Crippen LogP contribution in [0.1, 0.15) is 29.8 Å². The standard InChI is InChI=1S/C12H19N4O7Si2/c1-25(2,23-24(20)21)7-3-6-15-8-9(13-14-15)12(19)22-16-10(17)4-5-11(16)18/h8,20-21H,3-7H2,1-2H3. The van der Waals surface area contributed by atoms with Crippen LogP contribution >= 0.6 is 0 Å². The maximum absolute atomic E-state index is 11.9. The lowest BCUT2D eigenvalue weighted by Crippen LogP contribution is -2.38. The Morgan fingerprint density at radius 1 is 1.32 bits per heavy atom. The maximum atomic E-state index is 11.9. The van der Waals surface area contributed by atoms with Gasteiger partial charge in [-0.2, -0.15) is 0 Å². The fourth-order valence-corrected chi connectivity index (χ4v) is 5.65. The first kappa shape index (κ1) is 19.4. The molecule has 0 aromatic carbocycles. The molecule has 2 N–H and O–H groups in total. The Morgan fingerprint density at radius 3 is 2.56 bits per heavy atom. The van der Waals surface area contributed by atoms with E-state index in [4.69, 9.17) is 18.5 Å². The molecule has 1 aliphatic heterocycles. The zero-order valence-corrected chi connectivity index (χ0v) is 15.8. The van der Waals surface area contributed by atoms with Gasteiger partial charge in [0.2, 0.25) is 0 Å². The van der Waals surface area contributed by atoms with Crippen molar-refractivity contribution in [3.63, 3.8) is 0 Å². The van der Waals surface area contributed by atoms with Crippen LogP contribution in [0.2, 0.25) is 19.1 Å². The van der Waals surface area contributed by atoms with Gasteiger partial charge in [-0.3, -0.25) is 14.3 Å². The number of hydroxylamine groups is 2. The van der Waals surface area contributed by atoms with E-state index < -0.39 is 35.6 Å². The highest BCUT2D eigenvalue weighted by Crippen LogP contribution is 2.15. The summed E-state index contributed by atoms with van der Waals surface area (Å²) in [6.45, 7) is 4.19. The molecule has 0 bridgehead atoms. The zero-order valence-electron chi connectivity index (χ0n) is 13.8. The van der Waals surface area contributed by atoms with Crippen molar-refractivity contribution in [1.82, 2.24) is 20.1 Å². The van der Waals surface area contributed by atoms with Gasteiger partial charge in [-0.05, 0) is 25.6 Å². The number of imide groups is 1. The predicted molar refractivity (Wildman–Crippen MR) is 84.7 cm³/mol. The Labute approximate surface area is 146 Å². The second-order valence-corrected chi connectivity index (χ2v) is 11.5. The molecule has 1 fully saturated rings. The number of nitrogens with zero attached hydrogens (tertiary/aromatic N) is 4. The Morgan fingerprint density at radius 2 is 1.96 bits per heavy atom. The van der Waals surface area contributed by atoms with Crippen molar-refractivity contribution >= 4 is 35.6 Å². The van der Waals surface area contributed by atoms with E-state index >= 15 is 0 Å². The van der Waals surface area contributed by atoms with Gasteiger partial charge in [0, 0.05) is 19.4 Å². The van der Waals surface area contributed by atoms with E-state index in [-0.39, 0.29) is 18.5 Å². The lowest BCUT2D eigenvalue weighted by molar-refractivity contribution is -0.172. The minimum atomic E-state index is -2.71. The Kier molecular flexibility index (Phi) is 6.18. The van der Waals surface area contributed by atoms with E-state index in [1.165, 1.54) is 10.9 Å². The number of hydrogen-bond donors (Lipinski definition) is 2. The third-order valence-electron chi connectivity index (χ3n) is 3.46. The van der Waals surface area contributed by atoms with Crippen LogP contribution in [0.4, 0.5) is 0 Å². The molecule has 25 heavy (non-hydrogen) atoms. The molecule has 13 heteroatoms. The summed E-state index contributed by atoms with van der Waals surface area (Å²) in [6.07, 6.45) is 2.04. The molecule has 0 unspecified atom stereocenters. The van der Waals surface area contributed by atoms with Gasteiger partial charge in [-0.15, -0.1) is 10.2 Å². The van der Waals surface area contributed by atoms with Gasteiger partial charge in [0.05, 0.1) is 6.20 Å². The summed E-state index contributed by atoms with van der Waals surface area (Å²) in [7, 11) is -4.87. The Hall–Kier alpha value is -1.94. The second kappa shape index (κ2) is 7.96. The van der Waals surface area contributed by atoms with Crippen LogP contribution in [-0.4, -0.2) is 65.3 Å². The third kappa shape index (κ3) is 5.53. The summed E-state index contributed by atoms with van der Waals surface area (Å²) in [6, 6.07) is 0.665. The highest BCUT2D eigenvalue weighted by molar-refractivity contribution is 6.75. The van der Waals surface area contributed by atoms with Gasteiger partial charge in [-0.25, -0.2) is 4.79 Å². The molecule has 2 amide bonds. The van der Waals surface area contributed by atoms with Crippen LogP contribution in [0.5, 0.6) is 0 Å². The number of aryl methyl sites for hydroxylation is 1. The molecule has 2 heterocycles. The quantitative estimate of drug-likeness (QED) is 0.427. The SMILES string of the molecule is C[Si](C)(CCCn1cc(C(=O)ON2C(=O)CCC2=O)nn1)O[Si](O)O. The van der Waals surface area contributed by atoms with Gasteiger partial charge in [-0.1, -0.05) is 5.21 Å². The minimum Gasteiger partial charge on any atom is -0.414 e. The normalized spacial score (nSPS) is 15.3. The molecule has 0 spiro atoms. The molecule has 11 nitrogen and oxygen atoms in total. The summed E-state index contributed by atoms with van der Waals surface area (Å²) < 4.78 is 6.61. The number of carbonyl (C=O) groups is 3. The van der Waals surface area contributed by atoms with Crippen LogP contribution in [0.3, 0.4) is 0 Å². The van der Waals surface area contributed by atoms with Crippen LogP contribution < -0.4 is 0 Å². The fourth-order valence-electron chi connectivity index (χ4n) is 2.25. The second-order valence-electron chi connectivity index (χ2n) is 6.08. The molecular formula is C12H19N4O7Si2. The third-order valence-corrected chi connectivity index (χ3v) is 7.96. The number of rotatable bonds is 8. The van der Waals surface area contributed by atoms with Crippen molar-refractivity contribution < 1.29 is 32.9 Å². The fraction of sp³-hybridized carbons (Fsp3) is 0.583. The average molecular weight is 387 g/mol. The molecule has 137 valence electrons. The molecule has 0 atom stereocenters. The molecule has 1 aromatic heterocycles. The van der Waals surface area contributed by atoms with E-state index in [1.54, 1.807) is 0 Å². The zero-order chi connectivity index (χ0) is 18.6. The molecule has 0 aliphatic carbocycles. The number of hydrogen-bond acceptors (Lipinski definition) is 9. The van der Waals surface area contributed by atoms with E-state index in [2.05, 4.69) is 10.3 Å². The molecule has 0 saturated carbocycles. The average Bonchev–Trinajstić information content (AvgIpc) is 3.07. The predicted octanol–water partition coefficient (Wildman–Crippen LogP) is -0.920.